The lowest BCUT2D eigenvalue weighted by atomic mass is 10.7. The molecule has 0 aliphatic rings. The summed E-state index contributed by atoms with van der Waals surface area (Å²) in [6, 6.07) is 0. The molecular formula is C7H19NO4. The molecule has 0 atom stereocenters. The van der Waals surface area contributed by atoms with Gasteiger partial charge in [0, 0.05) is 0 Å². The molecule has 0 aromatic carbocycles. The van der Waals surface area contributed by atoms with Gasteiger partial charge in [0.2, 0.25) is 0 Å². The Bertz CT molecular complexity index is 55.4. The molecule has 0 saturated heterocycles. The third-order valence-corrected chi connectivity index (χ3v) is 0.843. The van der Waals surface area contributed by atoms with Crippen molar-refractivity contribution in [1.29, 1.82) is 0 Å². The van der Waals surface area contributed by atoms with Crippen LogP contribution in [0.2, 0.25) is 0 Å². The van der Waals surface area contributed by atoms with Gasteiger partial charge in [-0.25, -0.2) is 0 Å². The third kappa shape index (κ3) is 16.4. The molecule has 0 aliphatic heterocycles. The van der Waals surface area contributed by atoms with Crippen molar-refractivity contribution in [2.24, 2.45) is 5.73 Å². The summed E-state index contributed by atoms with van der Waals surface area (Å²) >= 11 is 0. The van der Waals surface area contributed by atoms with Crippen LogP contribution in [0.1, 0.15) is 0 Å². The van der Waals surface area contributed by atoms with Crippen LogP contribution in [-0.4, -0.2) is 56.9 Å². The fraction of sp³-hybridized carbons (Fsp3) is 1.00. The number of rotatable bonds is 7. The van der Waals surface area contributed by atoms with E-state index in [2.05, 4.69) is 5.73 Å². The van der Waals surface area contributed by atoms with E-state index in [0.29, 0.717) is 26.4 Å². The lowest BCUT2D eigenvalue weighted by Gasteiger charge is -2.01. The lowest BCUT2D eigenvalue weighted by molar-refractivity contribution is 0.0222. The van der Waals surface area contributed by atoms with Crippen LogP contribution in [0, 0.1) is 0 Å². The maximum Gasteiger partial charge on any atom is 0.0701 e. The Kier molecular flexibility index (Phi) is 20.4. The first-order valence-electron chi connectivity index (χ1n) is 3.86. The van der Waals surface area contributed by atoms with Crippen molar-refractivity contribution in [2.75, 3.05) is 46.7 Å². The zero-order chi connectivity index (χ0) is 9.66. The van der Waals surface area contributed by atoms with Gasteiger partial charge < -0.3 is 25.4 Å². The van der Waals surface area contributed by atoms with Crippen LogP contribution >= 0.6 is 0 Å². The summed E-state index contributed by atoms with van der Waals surface area (Å²) in [5.74, 6) is 0. The van der Waals surface area contributed by atoms with Gasteiger partial charge in [0.05, 0.1) is 39.6 Å². The molecule has 0 unspecified atom stereocenters. The second-order valence-electron chi connectivity index (χ2n) is 1.67. The summed E-state index contributed by atoms with van der Waals surface area (Å²) in [7, 11) is 1.50. The SMILES string of the molecule is CN.OCCOCCOCCO. The maximum absolute atomic E-state index is 8.26. The van der Waals surface area contributed by atoms with E-state index < -0.39 is 0 Å². The summed E-state index contributed by atoms with van der Waals surface area (Å²) in [6.07, 6.45) is 0. The predicted molar refractivity (Wildman–Crippen MR) is 45.9 cm³/mol. The molecule has 0 saturated carbocycles. The standard InChI is InChI=1S/C6H14O4.CH5N/c7-1-3-9-5-6-10-4-2-8;1-2/h7-8H,1-6H2;2H2,1H3. The van der Waals surface area contributed by atoms with Crippen molar-refractivity contribution >= 4 is 0 Å². The largest absolute Gasteiger partial charge is 0.394 e. The Morgan fingerprint density at radius 3 is 1.42 bits per heavy atom. The first-order chi connectivity index (χ1) is 5.91. The molecule has 5 nitrogen and oxygen atoms in total. The van der Waals surface area contributed by atoms with E-state index in [1.54, 1.807) is 0 Å². The van der Waals surface area contributed by atoms with Crippen molar-refractivity contribution < 1.29 is 19.7 Å². The zero-order valence-electron chi connectivity index (χ0n) is 7.53. The van der Waals surface area contributed by atoms with Crippen molar-refractivity contribution in [3.05, 3.63) is 0 Å². The Labute approximate surface area is 73.1 Å². The minimum absolute atomic E-state index is 0.0417. The van der Waals surface area contributed by atoms with E-state index in [-0.39, 0.29) is 13.2 Å². The molecule has 5 heteroatoms. The molecule has 76 valence electrons. The monoisotopic (exact) mass is 181 g/mol. The Balaban J connectivity index is 0. The van der Waals surface area contributed by atoms with Crippen LogP contribution < -0.4 is 5.73 Å². The van der Waals surface area contributed by atoms with Crippen LogP contribution in [0.25, 0.3) is 0 Å². The number of nitrogens with two attached hydrogens (primary N) is 1. The zero-order valence-corrected chi connectivity index (χ0v) is 7.53. The smallest absolute Gasteiger partial charge is 0.0701 e. The average Bonchev–Trinajstić information content (AvgIpc) is 2.15. The highest BCUT2D eigenvalue weighted by Crippen LogP contribution is 1.76. The van der Waals surface area contributed by atoms with Crippen LogP contribution in [0.4, 0.5) is 0 Å². The highest BCUT2D eigenvalue weighted by Gasteiger charge is 1.86. The van der Waals surface area contributed by atoms with E-state index in [0.717, 1.165) is 0 Å². The minimum atomic E-state index is 0.0417. The second-order valence-corrected chi connectivity index (χ2v) is 1.67. The Morgan fingerprint density at radius 2 is 1.17 bits per heavy atom. The van der Waals surface area contributed by atoms with Crippen LogP contribution in [-0.2, 0) is 9.47 Å². The Hall–Kier alpha value is -0.200. The number of ether oxygens (including phenoxy) is 2. The molecule has 0 amide bonds. The van der Waals surface area contributed by atoms with Crippen molar-refractivity contribution in [1.82, 2.24) is 0 Å². The van der Waals surface area contributed by atoms with E-state index in [9.17, 15) is 0 Å². The quantitative estimate of drug-likeness (QED) is 0.420. The number of hydrogen-bond donors (Lipinski definition) is 3. The van der Waals surface area contributed by atoms with Gasteiger partial charge in [0.1, 0.15) is 0 Å². The van der Waals surface area contributed by atoms with Gasteiger partial charge in [-0.05, 0) is 7.05 Å². The van der Waals surface area contributed by atoms with E-state index in [4.69, 9.17) is 19.7 Å². The molecule has 0 spiro atoms. The van der Waals surface area contributed by atoms with Gasteiger partial charge in [-0.15, -0.1) is 0 Å². The van der Waals surface area contributed by atoms with Crippen molar-refractivity contribution in [3.63, 3.8) is 0 Å². The summed E-state index contributed by atoms with van der Waals surface area (Å²) in [5, 5.41) is 16.5. The number of aliphatic hydroxyl groups is 2. The molecule has 4 N–H and O–H groups in total. The topological polar surface area (TPSA) is 84.9 Å². The lowest BCUT2D eigenvalue weighted by Crippen LogP contribution is -2.09. The van der Waals surface area contributed by atoms with Gasteiger partial charge in [-0.1, -0.05) is 0 Å². The first kappa shape index (κ1) is 14.3. The van der Waals surface area contributed by atoms with Crippen molar-refractivity contribution in [2.45, 2.75) is 0 Å². The molecule has 0 aromatic heterocycles. The summed E-state index contributed by atoms with van der Waals surface area (Å²) < 4.78 is 9.75. The van der Waals surface area contributed by atoms with Crippen LogP contribution in [0.15, 0.2) is 0 Å². The van der Waals surface area contributed by atoms with Crippen LogP contribution in [0.3, 0.4) is 0 Å². The second kappa shape index (κ2) is 17.0. The van der Waals surface area contributed by atoms with E-state index in [1.807, 2.05) is 0 Å². The van der Waals surface area contributed by atoms with Gasteiger partial charge in [-0.2, -0.15) is 0 Å². The van der Waals surface area contributed by atoms with E-state index in [1.165, 1.54) is 7.05 Å². The maximum atomic E-state index is 8.26. The predicted octanol–water partition coefficient (Wildman–Crippen LogP) is -1.42. The van der Waals surface area contributed by atoms with Gasteiger partial charge in [0.15, 0.2) is 0 Å². The first-order valence-corrected chi connectivity index (χ1v) is 3.86. The van der Waals surface area contributed by atoms with Gasteiger partial charge in [-0.3, -0.25) is 0 Å². The summed E-state index contributed by atoms with van der Waals surface area (Å²) in [4.78, 5) is 0. The summed E-state index contributed by atoms with van der Waals surface area (Å²) in [6.45, 7) is 1.73. The van der Waals surface area contributed by atoms with Gasteiger partial charge in [0.25, 0.3) is 0 Å². The van der Waals surface area contributed by atoms with E-state index >= 15 is 0 Å². The molecule has 12 heavy (non-hydrogen) atoms. The minimum Gasteiger partial charge on any atom is -0.394 e. The number of hydrogen-bond acceptors (Lipinski definition) is 5. The fourth-order valence-electron chi connectivity index (χ4n) is 0.451. The highest BCUT2D eigenvalue weighted by molar-refractivity contribution is 4.30. The average molecular weight is 181 g/mol. The third-order valence-electron chi connectivity index (χ3n) is 0.843. The Morgan fingerprint density at radius 1 is 0.833 bits per heavy atom. The molecule has 0 aliphatic carbocycles. The molecule has 0 aromatic rings. The molecule has 0 heterocycles. The molecule has 0 radical (unpaired) electrons. The molecular weight excluding hydrogens is 162 g/mol. The fourth-order valence-corrected chi connectivity index (χ4v) is 0.451. The molecule has 0 bridgehead atoms. The highest BCUT2D eigenvalue weighted by atomic mass is 16.5. The summed E-state index contributed by atoms with van der Waals surface area (Å²) in [5.41, 5.74) is 4.50. The van der Waals surface area contributed by atoms with Crippen LogP contribution in [0.5, 0.6) is 0 Å². The molecule has 0 rings (SSSR count). The normalized spacial score (nSPS) is 9.00. The molecule has 0 fully saturated rings. The number of aliphatic hydroxyl groups excluding tert-OH is 2. The van der Waals surface area contributed by atoms with Gasteiger partial charge >= 0.3 is 0 Å². The van der Waals surface area contributed by atoms with Crippen molar-refractivity contribution in [3.8, 4) is 0 Å².